The largest absolute Gasteiger partial charge is 0.364 e. The number of aromatic amines is 1. The summed E-state index contributed by atoms with van der Waals surface area (Å²) in [4.78, 5) is 25.8. The molecule has 1 saturated carbocycles. The van der Waals surface area contributed by atoms with Gasteiger partial charge in [-0.25, -0.2) is 18.7 Å². The number of nitriles is 1. The zero-order valence-electron chi connectivity index (χ0n) is 20.1. The fourth-order valence-corrected chi connectivity index (χ4v) is 5.08. The molecule has 4 aromatic rings. The van der Waals surface area contributed by atoms with Crippen LogP contribution in [0.2, 0.25) is 0 Å². The molecule has 188 valence electrons. The van der Waals surface area contributed by atoms with Crippen molar-refractivity contribution in [3.05, 3.63) is 60.3 Å². The van der Waals surface area contributed by atoms with Gasteiger partial charge in [0, 0.05) is 48.5 Å². The summed E-state index contributed by atoms with van der Waals surface area (Å²) in [6.45, 7) is 2.39. The van der Waals surface area contributed by atoms with Crippen molar-refractivity contribution >= 4 is 22.6 Å². The van der Waals surface area contributed by atoms with Crippen LogP contribution in [0.4, 0.5) is 14.5 Å². The molecule has 1 atom stereocenters. The number of carbonyl (C=O) groups excluding carboxylic acids is 1. The zero-order valence-corrected chi connectivity index (χ0v) is 20.1. The van der Waals surface area contributed by atoms with Gasteiger partial charge in [0.25, 0.3) is 5.91 Å². The molecule has 0 radical (unpaired) electrons. The topological polar surface area (TPSA) is 116 Å². The van der Waals surface area contributed by atoms with Gasteiger partial charge in [0.1, 0.15) is 29.1 Å². The number of amides is 1. The number of benzene rings is 1. The first-order chi connectivity index (χ1) is 17.9. The molecule has 4 heterocycles. The number of anilines is 1. The van der Waals surface area contributed by atoms with E-state index in [1.807, 2.05) is 19.2 Å². The molecule has 6 rings (SSSR count). The monoisotopic (exact) mass is 502 g/mol. The highest BCUT2D eigenvalue weighted by Crippen LogP contribution is 2.39. The van der Waals surface area contributed by atoms with E-state index in [0.29, 0.717) is 17.3 Å². The number of carbonyl (C=O) groups is 1. The minimum atomic E-state index is -0.782. The van der Waals surface area contributed by atoms with Crippen molar-refractivity contribution < 1.29 is 13.6 Å². The second-order valence-corrected chi connectivity index (χ2v) is 9.93. The van der Waals surface area contributed by atoms with Crippen LogP contribution in [0, 0.1) is 28.9 Å². The summed E-state index contributed by atoms with van der Waals surface area (Å²) < 4.78 is 31.7. The maximum Gasteiger partial charge on any atom is 0.254 e. The molecule has 1 amide bonds. The van der Waals surface area contributed by atoms with Gasteiger partial charge < -0.3 is 15.2 Å². The molecule has 1 aromatic carbocycles. The Labute approximate surface area is 211 Å². The van der Waals surface area contributed by atoms with Crippen LogP contribution < -0.4 is 10.2 Å². The van der Waals surface area contributed by atoms with Gasteiger partial charge in [-0.3, -0.25) is 9.48 Å². The first-order valence-electron chi connectivity index (χ1n) is 12.1. The van der Waals surface area contributed by atoms with Crippen molar-refractivity contribution in [2.24, 2.45) is 5.92 Å². The highest BCUT2D eigenvalue weighted by atomic mass is 19.1. The van der Waals surface area contributed by atoms with Crippen molar-refractivity contribution in [3.63, 3.8) is 0 Å². The Morgan fingerprint density at radius 3 is 2.86 bits per heavy atom. The number of aromatic nitrogens is 5. The SMILES string of the molecule is CC(NC(=O)c1cc(F)c(N2CC(CC#N)(n3cc(-c4ncnc5[nH]ccc45)cn3)C2)cc1F)C1CC1. The maximum absolute atomic E-state index is 15.1. The summed E-state index contributed by atoms with van der Waals surface area (Å²) in [5.74, 6) is -1.68. The van der Waals surface area contributed by atoms with Gasteiger partial charge in [0.15, 0.2) is 0 Å². The number of rotatable bonds is 7. The van der Waals surface area contributed by atoms with Crippen LogP contribution in [0.1, 0.15) is 36.5 Å². The standard InChI is InChI=1S/C26H24F2N8O/c1-15(16-2-3-16)34-25(37)19-8-21(28)22(9-20(19)27)35-12-26(13-35,5-6-29)36-11-17(10-33-36)23-18-4-7-30-24(18)32-14-31-23/h4,7-11,14-16H,2-3,5,12-13H2,1H3,(H,34,37)(H,30,31,32). The van der Waals surface area contributed by atoms with E-state index in [2.05, 4.69) is 31.4 Å². The molecular formula is C26H24F2N8O. The molecule has 0 spiro atoms. The lowest BCUT2D eigenvalue weighted by Crippen LogP contribution is -2.63. The van der Waals surface area contributed by atoms with Crippen LogP contribution in [0.25, 0.3) is 22.3 Å². The van der Waals surface area contributed by atoms with E-state index < -0.39 is 23.1 Å². The van der Waals surface area contributed by atoms with E-state index in [9.17, 15) is 14.4 Å². The number of nitrogens with one attached hydrogen (secondary N) is 2. The molecular weight excluding hydrogens is 478 g/mol. The number of halogens is 2. The van der Waals surface area contributed by atoms with E-state index in [1.165, 1.54) is 6.33 Å². The minimum absolute atomic E-state index is 0.0510. The summed E-state index contributed by atoms with van der Waals surface area (Å²) >= 11 is 0. The molecule has 2 aliphatic rings. The van der Waals surface area contributed by atoms with Crippen LogP contribution >= 0.6 is 0 Å². The summed E-state index contributed by atoms with van der Waals surface area (Å²) in [7, 11) is 0. The lowest BCUT2D eigenvalue weighted by atomic mass is 9.86. The molecule has 0 bridgehead atoms. The lowest BCUT2D eigenvalue weighted by molar-refractivity contribution is 0.0931. The number of hydrogen-bond donors (Lipinski definition) is 2. The summed E-state index contributed by atoms with van der Waals surface area (Å²) in [5.41, 5.74) is 1.20. The minimum Gasteiger partial charge on any atom is -0.364 e. The number of H-pyrrole nitrogens is 1. The Kier molecular flexibility index (Phi) is 5.40. The first kappa shape index (κ1) is 23.1. The fraction of sp³-hybridized carbons (Fsp3) is 0.346. The molecule has 2 fully saturated rings. The van der Waals surface area contributed by atoms with Crippen molar-refractivity contribution in [3.8, 4) is 17.3 Å². The van der Waals surface area contributed by atoms with E-state index in [1.54, 1.807) is 22.0 Å². The molecule has 1 unspecified atom stereocenters. The first-order valence-corrected chi connectivity index (χ1v) is 12.1. The third-order valence-corrected chi connectivity index (χ3v) is 7.38. The van der Waals surface area contributed by atoms with Gasteiger partial charge in [-0.2, -0.15) is 10.4 Å². The predicted octanol–water partition coefficient (Wildman–Crippen LogP) is 3.76. The highest BCUT2D eigenvalue weighted by molar-refractivity contribution is 5.95. The van der Waals surface area contributed by atoms with E-state index >= 15 is 4.39 Å². The van der Waals surface area contributed by atoms with Crippen LogP contribution in [-0.4, -0.2) is 49.8 Å². The quantitative estimate of drug-likeness (QED) is 0.398. The van der Waals surface area contributed by atoms with Crippen molar-refractivity contribution in [1.29, 1.82) is 5.26 Å². The molecule has 37 heavy (non-hydrogen) atoms. The molecule has 1 saturated heterocycles. The van der Waals surface area contributed by atoms with Crippen LogP contribution in [0.3, 0.4) is 0 Å². The van der Waals surface area contributed by atoms with Gasteiger partial charge in [-0.15, -0.1) is 0 Å². The molecule has 3 aromatic heterocycles. The third kappa shape index (κ3) is 3.98. The van der Waals surface area contributed by atoms with Crippen molar-refractivity contribution in [2.45, 2.75) is 37.8 Å². The van der Waals surface area contributed by atoms with Gasteiger partial charge in [-0.05, 0) is 37.8 Å². The Bertz CT molecular complexity index is 1540. The predicted molar refractivity (Wildman–Crippen MR) is 132 cm³/mol. The Hall–Kier alpha value is -4.33. The Morgan fingerprint density at radius 1 is 1.30 bits per heavy atom. The molecule has 2 N–H and O–H groups in total. The second-order valence-electron chi connectivity index (χ2n) is 9.93. The zero-order chi connectivity index (χ0) is 25.7. The van der Waals surface area contributed by atoms with Gasteiger partial charge in [-0.1, -0.05) is 0 Å². The highest BCUT2D eigenvalue weighted by Gasteiger charge is 2.46. The van der Waals surface area contributed by atoms with Crippen LogP contribution in [-0.2, 0) is 5.54 Å². The maximum atomic E-state index is 15.1. The van der Waals surface area contributed by atoms with Gasteiger partial charge in [0.2, 0.25) is 0 Å². The fourth-order valence-electron chi connectivity index (χ4n) is 5.08. The van der Waals surface area contributed by atoms with Gasteiger partial charge in [0.05, 0.1) is 35.6 Å². The summed E-state index contributed by atoms with van der Waals surface area (Å²) in [5, 5.41) is 17.6. The second kappa shape index (κ2) is 8.65. The Morgan fingerprint density at radius 2 is 2.11 bits per heavy atom. The number of hydrogen-bond acceptors (Lipinski definition) is 6. The van der Waals surface area contributed by atoms with E-state index in [0.717, 1.165) is 35.9 Å². The van der Waals surface area contributed by atoms with Crippen molar-refractivity contribution in [2.75, 3.05) is 18.0 Å². The smallest absolute Gasteiger partial charge is 0.254 e. The Balaban J connectivity index is 1.23. The van der Waals surface area contributed by atoms with Crippen LogP contribution in [0.5, 0.6) is 0 Å². The average molecular weight is 503 g/mol. The summed E-state index contributed by atoms with van der Waals surface area (Å²) in [6, 6.07) is 6.01. The molecule has 1 aliphatic heterocycles. The number of fused-ring (bicyclic) bond motifs is 1. The third-order valence-electron chi connectivity index (χ3n) is 7.38. The van der Waals surface area contributed by atoms with Crippen LogP contribution in [0.15, 0.2) is 43.1 Å². The van der Waals surface area contributed by atoms with E-state index in [4.69, 9.17) is 0 Å². The average Bonchev–Trinajstić information content (AvgIpc) is 3.40. The normalized spacial score (nSPS) is 17.3. The van der Waals surface area contributed by atoms with E-state index in [-0.39, 0.29) is 36.8 Å². The molecule has 9 nitrogen and oxygen atoms in total. The molecule has 1 aliphatic carbocycles. The van der Waals surface area contributed by atoms with Gasteiger partial charge >= 0.3 is 0 Å². The lowest BCUT2D eigenvalue weighted by Gasteiger charge is -2.50. The van der Waals surface area contributed by atoms with Crippen molar-refractivity contribution in [1.82, 2.24) is 30.0 Å². The molecule has 11 heteroatoms. The summed E-state index contributed by atoms with van der Waals surface area (Å²) in [6.07, 6.45) is 8.94. The number of nitrogens with zero attached hydrogens (tertiary/aromatic N) is 6.